The third-order valence-corrected chi connectivity index (χ3v) is 2.93. The number of hydrogen-bond donors (Lipinski definition) is 4. The van der Waals surface area contributed by atoms with Gasteiger partial charge in [-0.25, -0.2) is 0 Å². The molecule has 0 unspecified atom stereocenters. The number of aliphatic carboxylic acids is 1. The summed E-state index contributed by atoms with van der Waals surface area (Å²) in [6.45, 7) is 2.23. The molecule has 0 aliphatic carbocycles. The molecule has 1 aromatic carbocycles. The number of phenolic OH excluding ortho intramolecular Hbond substituents is 1. The predicted molar refractivity (Wildman–Crippen MR) is 79.7 cm³/mol. The Balaban J connectivity index is 2.27. The molecule has 1 rings (SSSR count). The van der Waals surface area contributed by atoms with Gasteiger partial charge in [0.15, 0.2) is 0 Å². The van der Waals surface area contributed by atoms with Gasteiger partial charge in [-0.05, 0) is 31.0 Å². The van der Waals surface area contributed by atoms with E-state index in [4.69, 9.17) is 5.11 Å². The first-order chi connectivity index (χ1) is 10.4. The topological polar surface area (TPSA) is 116 Å². The molecule has 120 valence electrons. The van der Waals surface area contributed by atoms with Crippen molar-refractivity contribution in [2.45, 2.75) is 26.2 Å². The third kappa shape index (κ3) is 6.25. The standard InChI is InChI=1S/C15H20N2O5/c1-10-4-5-11(12(18)9-10)15(22)17-8-6-13(19)16-7-2-3-14(20)21/h4-5,9,18H,2-3,6-8H2,1H3,(H,16,19)(H,17,22)(H,20,21). The van der Waals surface area contributed by atoms with E-state index in [0.29, 0.717) is 6.42 Å². The van der Waals surface area contributed by atoms with Gasteiger partial charge in [0.2, 0.25) is 5.91 Å². The Morgan fingerprint density at radius 2 is 1.82 bits per heavy atom. The van der Waals surface area contributed by atoms with Crippen LogP contribution in [0.5, 0.6) is 5.75 Å². The lowest BCUT2D eigenvalue weighted by molar-refractivity contribution is -0.137. The van der Waals surface area contributed by atoms with Gasteiger partial charge in [-0.1, -0.05) is 6.07 Å². The van der Waals surface area contributed by atoms with E-state index in [0.717, 1.165) is 5.56 Å². The summed E-state index contributed by atoms with van der Waals surface area (Å²) in [5.41, 5.74) is 1.00. The molecule has 0 aliphatic rings. The van der Waals surface area contributed by atoms with E-state index in [2.05, 4.69) is 10.6 Å². The summed E-state index contributed by atoms with van der Waals surface area (Å²) >= 11 is 0. The zero-order valence-corrected chi connectivity index (χ0v) is 12.4. The molecule has 0 aromatic heterocycles. The second-order valence-electron chi connectivity index (χ2n) is 4.87. The molecule has 0 spiro atoms. The summed E-state index contributed by atoms with van der Waals surface area (Å²) in [6, 6.07) is 4.72. The molecule has 0 aliphatic heterocycles. The molecule has 4 N–H and O–H groups in total. The summed E-state index contributed by atoms with van der Waals surface area (Å²) in [5, 5.41) is 23.2. The number of carboxylic acid groups (broad SMARTS) is 1. The maximum Gasteiger partial charge on any atom is 0.303 e. The van der Waals surface area contributed by atoms with Gasteiger partial charge in [-0.3, -0.25) is 14.4 Å². The zero-order valence-electron chi connectivity index (χ0n) is 12.4. The first kappa shape index (κ1) is 17.5. The van der Waals surface area contributed by atoms with Crippen LogP contribution in [0.25, 0.3) is 0 Å². The Labute approximate surface area is 128 Å². The smallest absolute Gasteiger partial charge is 0.303 e. The summed E-state index contributed by atoms with van der Waals surface area (Å²) in [6.07, 6.45) is 0.458. The maximum absolute atomic E-state index is 11.8. The minimum Gasteiger partial charge on any atom is -0.507 e. The number of amides is 2. The molecule has 7 heteroatoms. The number of aryl methyl sites for hydroxylation is 1. The maximum atomic E-state index is 11.8. The second kappa shape index (κ2) is 8.66. The fourth-order valence-electron chi connectivity index (χ4n) is 1.77. The van der Waals surface area contributed by atoms with Crippen molar-refractivity contribution >= 4 is 17.8 Å². The van der Waals surface area contributed by atoms with Gasteiger partial charge in [0.1, 0.15) is 5.75 Å². The molecule has 22 heavy (non-hydrogen) atoms. The number of carboxylic acids is 1. The van der Waals surface area contributed by atoms with Gasteiger partial charge in [-0.15, -0.1) is 0 Å². The molecule has 0 heterocycles. The van der Waals surface area contributed by atoms with E-state index in [-0.39, 0.29) is 43.2 Å². The SMILES string of the molecule is Cc1ccc(C(=O)NCCC(=O)NCCCC(=O)O)c(O)c1. The molecule has 0 atom stereocenters. The van der Waals surface area contributed by atoms with Crippen LogP contribution in [-0.2, 0) is 9.59 Å². The van der Waals surface area contributed by atoms with E-state index in [9.17, 15) is 19.5 Å². The highest BCUT2D eigenvalue weighted by Crippen LogP contribution is 2.17. The van der Waals surface area contributed by atoms with Crippen molar-refractivity contribution in [3.8, 4) is 5.75 Å². The fraction of sp³-hybridized carbons (Fsp3) is 0.400. The quantitative estimate of drug-likeness (QED) is 0.530. The van der Waals surface area contributed by atoms with Crippen LogP contribution < -0.4 is 10.6 Å². The average molecular weight is 308 g/mol. The highest BCUT2D eigenvalue weighted by atomic mass is 16.4. The average Bonchev–Trinajstić information content (AvgIpc) is 2.43. The van der Waals surface area contributed by atoms with Crippen LogP contribution in [0.2, 0.25) is 0 Å². The number of hydrogen-bond acceptors (Lipinski definition) is 4. The number of rotatable bonds is 8. The van der Waals surface area contributed by atoms with Gasteiger partial charge in [0.05, 0.1) is 5.56 Å². The van der Waals surface area contributed by atoms with Crippen LogP contribution in [0.3, 0.4) is 0 Å². The van der Waals surface area contributed by atoms with Gasteiger partial charge < -0.3 is 20.8 Å². The van der Waals surface area contributed by atoms with Crippen molar-refractivity contribution in [2.24, 2.45) is 0 Å². The van der Waals surface area contributed by atoms with Crippen molar-refractivity contribution in [1.82, 2.24) is 10.6 Å². The van der Waals surface area contributed by atoms with Crippen LogP contribution in [0.15, 0.2) is 18.2 Å². The Morgan fingerprint density at radius 1 is 1.09 bits per heavy atom. The normalized spacial score (nSPS) is 10.0. The molecule has 0 fully saturated rings. The Kier molecular flexibility index (Phi) is 6.88. The van der Waals surface area contributed by atoms with Gasteiger partial charge >= 0.3 is 5.97 Å². The number of aromatic hydroxyl groups is 1. The highest BCUT2D eigenvalue weighted by Gasteiger charge is 2.11. The molecule has 7 nitrogen and oxygen atoms in total. The molecule has 0 saturated heterocycles. The van der Waals surface area contributed by atoms with Crippen LogP contribution in [-0.4, -0.2) is 41.1 Å². The van der Waals surface area contributed by atoms with E-state index in [1.807, 2.05) is 0 Å². The lowest BCUT2D eigenvalue weighted by Gasteiger charge is -2.08. The summed E-state index contributed by atoms with van der Waals surface area (Å²) in [4.78, 5) is 33.6. The van der Waals surface area contributed by atoms with Crippen molar-refractivity contribution in [2.75, 3.05) is 13.1 Å². The van der Waals surface area contributed by atoms with Crippen molar-refractivity contribution in [3.05, 3.63) is 29.3 Å². The molecular formula is C15H20N2O5. The molecule has 0 saturated carbocycles. The minimum absolute atomic E-state index is 0.00369. The largest absolute Gasteiger partial charge is 0.507 e. The molecule has 0 bridgehead atoms. The first-order valence-electron chi connectivity index (χ1n) is 6.96. The number of nitrogens with one attached hydrogen (secondary N) is 2. The fourth-order valence-corrected chi connectivity index (χ4v) is 1.77. The van der Waals surface area contributed by atoms with Crippen LogP contribution >= 0.6 is 0 Å². The van der Waals surface area contributed by atoms with E-state index < -0.39 is 11.9 Å². The van der Waals surface area contributed by atoms with Gasteiger partial charge in [0, 0.05) is 25.9 Å². The number of carbonyl (C=O) groups excluding carboxylic acids is 2. The van der Waals surface area contributed by atoms with E-state index in [1.54, 1.807) is 13.0 Å². The zero-order chi connectivity index (χ0) is 16.5. The predicted octanol–water partition coefficient (Wildman–Crippen LogP) is 0.802. The first-order valence-corrected chi connectivity index (χ1v) is 6.96. The van der Waals surface area contributed by atoms with Crippen LogP contribution in [0.4, 0.5) is 0 Å². The van der Waals surface area contributed by atoms with Crippen LogP contribution in [0.1, 0.15) is 35.2 Å². The van der Waals surface area contributed by atoms with Crippen LogP contribution in [0, 0.1) is 6.92 Å². The summed E-state index contributed by atoms with van der Waals surface area (Å²) < 4.78 is 0. The third-order valence-electron chi connectivity index (χ3n) is 2.93. The van der Waals surface area contributed by atoms with Crippen molar-refractivity contribution < 1.29 is 24.6 Å². The summed E-state index contributed by atoms with van der Waals surface area (Å²) in [7, 11) is 0. The molecular weight excluding hydrogens is 288 g/mol. The molecule has 1 aromatic rings. The second-order valence-corrected chi connectivity index (χ2v) is 4.87. The number of benzene rings is 1. The van der Waals surface area contributed by atoms with Gasteiger partial charge in [0.25, 0.3) is 5.91 Å². The molecule has 0 radical (unpaired) electrons. The van der Waals surface area contributed by atoms with Crippen molar-refractivity contribution in [3.63, 3.8) is 0 Å². The van der Waals surface area contributed by atoms with Gasteiger partial charge in [-0.2, -0.15) is 0 Å². The Hall–Kier alpha value is -2.57. The number of carbonyl (C=O) groups is 3. The molecule has 2 amide bonds. The van der Waals surface area contributed by atoms with Crippen molar-refractivity contribution in [1.29, 1.82) is 0 Å². The Bertz CT molecular complexity index is 557. The Morgan fingerprint density at radius 3 is 2.45 bits per heavy atom. The van der Waals surface area contributed by atoms with E-state index in [1.165, 1.54) is 12.1 Å². The highest BCUT2D eigenvalue weighted by molar-refractivity contribution is 5.97. The number of phenols is 1. The lowest BCUT2D eigenvalue weighted by Crippen LogP contribution is -2.31. The minimum atomic E-state index is -0.903. The monoisotopic (exact) mass is 308 g/mol. The lowest BCUT2D eigenvalue weighted by atomic mass is 10.1. The summed E-state index contributed by atoms with van der Waals surface area (Å²) in [5.74, 6) is -1.72. The van der Waals surface area contributed by atoms with E-state index >= 15 is 0 Å².